The number of nitrogens with two attached hydrogens (primary N) is 1. The molecule has 0 radical (unpaired) electrons. The van der Waals surface area contributed by atoms with Crippen molar-refractivity contribution in [3.8, 4) is 0 Å². The molecule has 3 heterocycles. The van der Waals surface area contributed by atoms with Crippen LogP contribution in [0.3, 0.4) is 0 Å². The molecule has 11 nitrogen and oxygen atoms in total. The molecule has 214 valence electrons. The van der Waals surface area contributed by atoms with Gasteiger partial charge in [-0.3, -0.25) is 9.59 Å². The summed E-state index contributed by atoms with van der Waals surface area (Å²) in [4.78, 5) is 29.9. The molecular weight excluding hydrogens is 532 g/mol. The van der Waals surface area contributed by atoms with Crippen LogP contribution in [-0.4, -0.2) is 90.3 Å². The first kappa shape index (κ1) is 27.9. The molecule has 3 saturated heterocycles. The first-order chi connectivity index (χ1) is 19.3. The molecule has 12 heteroatoms. The number of hydrogen-bond acceptors (Lipinski definition) is 6. The van der Waals surface area contributed by atoms with Gasteiger partial charge in [0.15, 0.2) is 0 Å². The summed E-state index contributed by atoms with van der Waals surface area (Å²) in [7, 11) is -3.93. The van der Waals surface area contributed by atoms with Crippen LogP contribution in [0.5, 0.6) is 0 Å². The number of carbonyl (C=O) groups excluding carboxylic acids is 2. The zero-order valence-electron chi connectivity index (χ0n) is 22.3. The van der Waals surface area contributed by atoms with E-state index in [0.29, 0.717) is 43.6 Å². The predicted octanol–water partition coefficient (Wildman–Crippen LogP) is 1.31. The highest BCUT2D eigenvalue weighted by Gasteiger charge is 2.48. The van der Waals surface area contributed by atoms with E-state index in [4.69, 9.17) is 10.9 Å². The molecule has 3 aliphatic heterocycles. The number of guanidine groups is 1. The maximum atomic E-state index is 14.0. The average molecular weight is 569 g/mol. The van der Waals surface area contributed by atoms with E-state index >= 15 is 0 Å². The summed E-state index contributed by atoms with van der Waals surface area (Å²) in [5.41, 5.74) is 6.95. The number of rotatable bonds is 7. The van der Waals surface area contributed by atoms with Crippen molar-refractivity contribution in [2.45, 2.75) is 43.0 Å². The van der Waals surface area contributed by atoms with Crippen LogP contribution in [0.2, 0.25) is 0 Å². The van der Waals surface area contributed by atoms with Crippen molar-refractivity contribution in [3.63, 3.8) is 0 Å². The smallest absolute Gasteiger partial charge is 0.242 e. The van der Waals surface area contributed by atoms with Crippen molar-refractivity contribution in [3.05, 3.63) is 71.8 Å². The second-order valence-corrected chi connectivity index (χ2v) is 12.7. The number of nitrogens with zero attached hydrogens (tertiary/aromatic N) is 4. The molecule has 5 rings (SSSR count). The fourth-order valence-electron chi connectivity index (χ4n) is 6.16. The Hall–Kier alpha value is -3.64. The van der Waals surface area contributed by atoms with Crippen LogP contribution in [0.1, 0.15) is 42.1 Å². The molecule has 2 amide bonds. The standard InChI is InChI=1S/C28H36N6O5S/c29-28(31-37)32-15-13-20(14-16-32)17-30-27(36)24-12-11-23-18-33(19-25(35)34(23)24)40(38,39)26(21-7-3-1-4-8-21)22-9-5-2-6-10-22/h1-10,20,23-24,26,37H,11-19H2,(H2,29,31)(H,30,36)/t23-,24-/m0/s1. The Morgan fingerprint density at radius 2 is 1.60 bits per heavy atom. The largest absolute Gasteiger partial charge is 0.408 e. The van der Waals surface area contributed by atoms with E-state index < -0.39 is 21.3 Å². The summed E-state index contributed by atoms with van der Waals surface area (Å²) in [6.45, 7) is 1.65. The van der Waals surface area contributed by atoms with Crippen molar-refractivity contribution >= 4 is 27.8 Å². The molecule has 2 atom stereocenters. The molecule has 2 aromatic carbocycles. The fourth-order valence-corrected chi connectivity index (χ4v) is 8.13. The molecular formula is C28H36N6O5S. The zero-order valence-corrected chi connectivity index (χ0v) is 23.1. The third kappa shape index (κ3) is 5.64. The lowest BCUT2D eigenvalue weighted by molar-refractivity contribution is -0.143. The third-order valence-electron chi connectivity index (χ3n) is 8.29. The van der Waals surface area contributed by atoms with Crippen molar-refractivity contribution in [2.75, 3.05) is 32.7 Å². The van der Waals surface area contributed by atoms with Gasteiger partial charge in [-0.2, -0.15) is 4.31 Å². The van der Waals surface area contributed by atoms with Gasteiger partial charge in [0, 0.05) is 32.2 Å². The number of likely N-dealkylation sites (tertiary alicyclic amines) is 1. The molecule has 0 saturated carbocycles. The van der Waals surface area contributed by atoms with Crippen LogP contribution < -0.4 is 11.1 Å². The average Bonchev–Trinajstić information content (AvgIpc) is 3.42. The Morgan fingerprint density at radius 1 is 1.00 bits per heavy atom. The van der Waals surface area contributed by atoms with E-state index in [2.05, 4.69) is 10.5 Å². The molecule has 3 aliphatic rings. The van der Waals surface area contributed by atoms with Crippen molar-refractivity contribution in [1.82, 2.24) is 19.4 Å². The van der Waals surface area contributed by atoms with Gasteiger partial charge in [0.25, 0.3) is 0 Å². The first-order valence-corrected chi connectivity index (χ1v) is 15.2. The Kier molecular flexibility index (Phi) is 8.27. The van der Waals surface area contributed by atoms with Crippen molar-refractivity contribution < 1.29 is 23.2 Å². The molecule has 0 aromatic heterocycles. The lowest BCUT2D eigenvalue weighted by Gasteiger charge is -2.40. The fraction of sp³-hybridized carbons (Fsp3) is 0.464. The van der Waals surface area contributed by atoms with Gasteiger partial charge in [-0.15, -0.1) is 0 Å². The lowest BCUT2D eigenvalue weighted by atomic mass is 9.97. The number of piperazine rings is 1. The van der Waals surface area contributed by atoms with Gasteiger partial charge in [0.2, 0.25) is 27.8 Å². The molecule has 0 aliphatic carbocycles. The third-order valence-corrected chi connectivity index (χ3v) is 10.4. The normalized spacial score (nSPS) is 22.9. The van der Waals surface area contributed by atoms with Gasteiger partial charge in [-0.25, -0.2) is 8.42 Å². The van der Waals surface area contributed by atoms with Crippen molar-refractivity contribution in [1.29, 1.82) is 0 Å². The molecule has 0 spiro atoms. The number of carbonyl (C=O) groups is 2. The Bertz CT molecular complexity index is 1290. The number of benzene rings is 2. The molecule has 4 N–H and O–H groups in total. The number of hydrogen-bond donors (Lipinski definition) is 3. The van der Waals surface area contributed by atoms with E-state index in [0.717, 1.165) is 12.8 Å². The highest BCUT2D eigenvalue weighted by molar-refractivity contribution is 7.89. The van der Waals surface area contributed by atoms with Crippen LogP contribution in [0, 0.1) is 5.92 Å². The number of amides is 2. The minimum absolute atomic E-state index is 0.0954. The second-order valence-electron chi connectivity index (χ2n) is 10.7. The number of piperidine rings is 1. The van der Waals surface area contributed by atoms with E-state index in [1.165, 1.54) is 4.31 Å². The monoisotopic (exact) mass is 568 g/mol. The van der Waals surface area contributed by atoms with E-state index in [1.807, 2.05) is 36.4 Å². The SMILES string of the molecule is N/C(=N\O)N1CCC(CNC(=O)[C@@H]2CC[C@H]3CN(S(=O)(=O)C(c4ccccc4)c4ccccc4)CC(=O)N32)CC1. The number of fused-ring (bicyclic) bond motifs is 1. The summed E-state index contributed by atoms with van der Waals surface area (Å²) in [5.74, 6) is -0.186. The van der Waals surface area contributed by atoms with Crippen LogP contribution in [0.15, 0.2) is 65.8 Å². The molecule has 0 unspecified atom stereocenters. The van der Waals surface area contributed by atoms with Gasteiger partial charge in [-0.1, -0.05) is 65.8 Å². The van der Waals surface area contributed by atoms with Crippen molar-refractivity contribution in [2.24, 2.45) is 16.8 Å². The zero-order chi connectivity index (χ0) is 28.3. The van der Waals surface area contributed by atoms with E-state index in [9.17, 15) is 18.0 Å². The van der Waals surface area contributed by atoms with Gasteiger partial charge < -0.3 is 26.1 Å². The van der Waals surface area contributed by atoms with Gasteiger partial charge in [-0.05, 0) is 42.7 Å². The Balaban J connectivity index is 1.24. The minimum atomic E-state index is -3.93. The van der Waals surface area contributed by atoms with Gasteiger partial charge in [0.05, 0.1) is 6.54 Å². The van der Waals surface area contributed by atoms with Crippen LogP contribution in [0.4, 0.5) is 0 Å². The van der Waals surface area contributed by atoms with E-state index in [1.54, 1.807) is 34.1 Å². The molecule has 2 aromatic rings. The Morgan fingerprint density at radius 3 is 2.17 bits per heavy atom. The number of nitrogens with one attached hydrogen (secondary N) is 1. The highest BCUT2D eigenvalue weighted by Crippen LogP contribution is 2.36. The predicted molar refractivity (Wildman–Crippen MR) is 150 cm³/mol. The quantitative estimate of drug-likeness (QED) is 0.197. The first-order valence-electron chi connectivity index (χ1n) is 13.7. The summed E-state index contributed by atoms with van der Waals surface area (Å²) < 4.78 is 29.4. The summed E-state index contributed by atoms with van der Waals surface area (Å²) in [6, 6.07) is 17.2. The number of oxime groups is 1. The second kappa shape index (κ2) is 11.8. The molecule has 3 fully saturated rings. The summed E-state index contributed by atoms with van der Waals surface area (Å²) >= 11 is 0. The topological polar surface area (TPSA) is 149 Å². The maximum Gasteiger partial charge on any atom is 0.242 e. The summed E-state index contributed by atoms with van der Waals surface area (Å²) in [6.07, 6.45) is 2.65. The molecule has 40 heavy (non-hydrogen) atoms. The van der Waals surface area contributed by atoms with Crippen LogP contribution in [-0.2, 0) is 19.6 Å². The maximum absolute atomic E-state index is 14.0. The van der Waals surface area contributed by atoms with E-state index in [-0.39, 0.29) is 42.8 Å². The van der Waals surface area contributed by atoms with Crippen LogP contribution in [0.25, 0.3) is 0 Å². The van der Waals surface area contributed by atoms with Crippen LogP contribution >= 0.6 is 0 Å². The number of sulfonamides is 1. The van der Waals surface area contributed by atoms with Gasteiger partial charge in [0.1, 0.15) is 11.3 Å². The lowest BCUT2D eigenvalue weighted by Crippen LogP contribution is -2.60. The molecule has 0 bridgehead atoms. The minimum Gasteiger partial charge on any atom is -0.408 e. The Labute approximate surface area is 234 Å². The van der Waals surface area contributed by atoms with Gasteiger partial charge >= 0.3 is 0 Å². The highest BCUT2D eigenvalue weighted by atomic mass is 32.2. The summed E-state index contributed by atoms with van der Waals surface area (Å²) in [5, 5.41) is 14.0.